The van der Waals surface area contributed by atoms with E-state index in [1.165, 1.54) is 11.8 Å². The Morgan fingerprint density at radius 1 is 1.41 bits per heavy atom. The van der Waals surface area contributed by atoms with Crippen LogP contribution in [0.25, 0.3) is 0 Å². The Morgan fingerprint density at radius 3 is 2.71 bits per heavy atom. The van der Waals surface area contributed by atoms with Crippen molar-refractivity contribution in [1.29, 1.82) is 0 Å². The van der Waals surface area contributed by atoms with E-state index in [1.807, 2.05) is 32.0 Å². The first-order valence-electron chi connectivity index (χ1n) is 5.60. The number of hydrogen-bond acceptors (Lipinski definition) is 3. The quantitative estimate of drug-likeness (QED) is 0.756. The first-order valence-corrected chi connectivity index (χ1v) is 6.59. The molecule has 1 aliphatic heterocycles. The summed E-state index contributed by atoms with van der Waals surface area (Å²) in [4.78, 5) is 26.1. The predicted octanol–water partition coefficient (Wildman–Crippen LogP) is 2.74. The molecule has 0 fully saturated rings. The summed E-state index contributed by atoms with van der Waals surface area (Å²) in [5.74, 6) is 0.614. The van der Waals surface area contributed by atoms with E-state index in [0.717, 1.165) is 10.6 Å². The van der Waals surface area contributed by atoms with Crippen LogP contribution in [0.15, 0.2) is 23.1 Å². The Balaban J connectivity index is 2.52. The summed E-state index contributed by atoms with van der Waals surface area (Å²) in [5.41, 5.74) is 1.53. The van der Waals surface area contributed by atoms with Gasteiger partial charge in [0.2, 0.25) is 5.91 Å². The fourth-order valence-corrected chi connectivity index (χ4v) is 2.84. The number of benzene rings is 1. The van der Waals surface area contributed by atoms with Crippen LogP contribution in [0.4, 0.5) is 5.69 Å². The van der Waals surface area contributed by atoms with Crippen LogP contribution >= 0.6 is 11.8 Å². The largest absolute Gasteiger partial charge is 0.308 e. The van der Waals surface area contributed by atoms with E-state index in [0.29, 0.717) is 11.3 Å². The third-order valence-electron chi connectivity index (χ3n) is 2.76. The summed E-state index contributed by atoms with van der Waals surface area (Å²) in [7, 11) is 0. The molecule has 0 saturated carbocycles. The topological polar surface area (TPSA) is 37.4 Å². The number of hydrogen-bond donors (Lipinski definition) is 0. The number of Topliss-reactive ketones (excluding diaryl/α,β-unsaturated/α-hetero) is 1. The lowest BCUT2D eigenvalue weighted by atomic mass is 10.1. The van der Waals surface area contributed by atoms with E-state index < -0.39 is 0 Å². The molecule has 1 aromatic rings. The Labute approximate surface area is 105 Å². The molecule has 4 heteroatoms. The number of fused-ring (bicyclic) bond motifs is 1. The highest BCUT2D eigenvalue weighted by molar-refractivity contribution is 8.00. The van der Waals surface area contributed by atoms with Gasteiger partial charge in [0.1, 0.15) is 0 Å². The lowest BCUT2D eigenvalue weighted by Gasteiger charge is -2.32. The number of carbonyl (C=O) groups is 2. The maximum Gasteiger partial charge on any atom is 0.237 e. The minimum absolute atomic E-state index is 0.0273. The zero-order chi connectivity index (χ0) is 12.6. The molecule has 1 amide bonds. The smallest absolute Gasteiger partial charge is 0.237 e. The Kier molecular flexibility index (Phi) is 3.24. The number of anilines is 1. The minimum atomic E-state index is 0.0273. The van der Waals surface area contributed by atoms with Crippen LogP contribution in [0.2, 0.25) is 0 Å². The van der Waals surface area contributed by atoms with Gasteiger partial charge in [-0.3, -0.25) is 9.59 Å². The summed E-state index contributed by atoms with van der Waals surface area (Å²) in [6.07, 6.45) is 0. The van der Waals surface area contributed by atoms with Crippen LogP contribution in [0.5, 0.6) is 0 Å². The highest BCUT2D eigenvalue weighted by Crippen LogP contribution is 2.37. The molecule has 2 rings (SSSR count). The van der Waals surface area contributed by atoms with Crippen molar-refractivity contribution in [3.8, 4) is 0 Å². The molecule has 17 heavy (non-hydrogen) atoms. The molecular weight excluding hydrogens is 234 g/mol. The summed E-state index contributed by atoms with van der Waals surface area (Å²) in [5, 5.41) is 0. The van der Waals surface area contributed by atoms with Gasteiger partial charge in [-0.2, -0.15) is 0 Å². The molecule has 3 nitrogen and oxygen atoms in total. The van der Waals surface area contributed by atoms with Gasteiger partial charge in [0, 0.05) is 16.5 Å². The van der Waals surface area contributed by atoms with E-state index >= 15 is 0 Å². The molecule has 1 heterocycles. The van der Waals surface area contributed by atoms with E-state index in [1.54, 1.807) is 11.8 Å². The summed E-state index contributed by atoms with van der Waals surface area (Å²) in [6, 6.07) is 5.69. The van der Waals surface area contributed by atoms with E-state index in [4.69, 9.17) is 0 Å². The molecule has 0 aliphatic carbocycles. The predicted molar refractivity (Wildman–Crippen MR) is 69.8 cm³/mol. The van der Waals surface area contributed by atoms with Crippen molar-refractivity contribution >= 4 is 29.1 Å². The first kappa shape index (κ1) is 12.2. The lowest BCUT2D eigenvalue weighted by molar-refractivity contribution is -0.116. The zero-order valence-corrected chi connectivity index (χ0v) is 11.0. The van der Waals surface area contributed by atoms with Gasteiger partial charge in [-0.15, -0.1) is 11.8 Å². The second-order valence-electron chi connectivity index (χ2n) is 4.38. The second kappa shape index (κ2) is 4.53. The van der Waals surface area contributed by atoms with Gasteiger partial charge in [0.25, 0.3) is 0 Å². The van der Waals surface area contributed by atoms with Gasteiger partial charge < -0.3 is 4.90 Å². The highest BCUT2D eigenvalue weighted by Gasteiger charge is 2.27. The van der Waals surface area contributed by atoms with Gasteiger partial charge in [0.05, 0.1) is 11.4 Å². The lowest BCUT2D eigenvalue weighted by Crippen LogP contribution is -2.40. The van der Waals surface area contributed by atoms with E-state index in [2.05, 4.69) is 0 Å². The molecule has 0 radical (unpaired) electrons. The number of carbonyl (C=O) groups excluding carboxylic acids is 2. The van der Waals surface area contributed by atoms with Crippen LogP contribution < -0.4 is 4.90 Å². The molecule has 0 aromatic heterocycles. The fourth-order valence-electron chi connectivity index (χ4n) is 1.96. The summed E-state index contributed by atoms with van der Waals surface area (Å²) in [6.45, 7) is 5.51. The normalized spacial score (nSPS) is 15.1. The number of thioether (sulfide) groups is 1. The summed E-state index contributed by atoms with van der Waals surface area (Å²) >= 11 is 1.54. The fraction of sp³-hybridized carbons (Fsp3) is 0.385. The number of amides is 1. The monoisotopic (exact) mass is 249 g/mol. The molecule has 1 aromatic carbocycles. The maximum atomic E-state index is 11.9. The van der Waals surface area contributed by atoms with Gasteiger partial charge in [-0.05, 0) is 32.9 Å². The zero-order valence-electron chi connectivity index (χ0n) is 10.2. The van der Waals surface area contributed by atoms with Crippen molar-refractivity contribution in [2.75, 3.05) is 10.7 Å². The van der Waals surface area contributed by atoms with Gasteiger partial charge >= 0.3 is 0 Å². The third kappa shape index (κ3) is 2.22. The van der Waals surface area contributed by atoms with Crippen molar-refractivity contribution in [3.63, 3.8) is 0 Å². The van der Waals surface area contributed by atoms with Gasteiger partial charge in [-0.25, -0.2) is 0 Å². The minimum Gasteiger partial charge on any atom is -0.308 e. The Bertz CT molecular complexity index is 482. The van der Waals surface area contributed by atoms with E-state index in [9.17, 15) is 9.59 Å². The van der Waals surface area contributed by atoms with Crippen LogP contribution in [-0.2, 0) is 4.79 Å². The van der Waals surface area contributed by atoms with Crippen LogP contribution in [-0.4, -0.2) is 23.5 Å². The highest BCUT2D eigenvalue weighted by atomic mass is 32.2. The summed E-state index contributed by atoms with van der Waals surface area (Å²) < 4.78 is 0. The number of rotatable bonds is 2. The third-order valence-corrected chi connectivity index (χ3v) is 3.81. The Morgan fingerprint density at radius 2 is 2.12 bits per heavy atom. The second-order valence-corrected chi connectivity index (χ2v) is 5.40. The molecule has 0 atom stereocenters. The average Bonchev–Trinajstić information content (AvgIpc) is 2.27. The molecule has 1 aliphatic rings. The van der Waals surface area contributed by atoms with Crippen molar-refractivity contribution < 1.29 is 9.59 Å². The van der Waals surface area contributed by atoms with Crippen LogP contribution in [0, 0.1) is 0 Å². The van der Waals surface area contributed by atoms with Crippen LogP contribution in [0.1, 0.15) is 31.1 Å². The number of nitrogens with zero attached hydrogens (tertiary/aromatic N) is 1. The SMILES string of the molecule is CC(=O)c1ccc2c(c1)N(C(C)C)C(=O)CS2. The number of ketones is 1. The molecular formula is C13H15NO2S. The molecule has 0 spiro atoms. The van der Waals surface area contributed by atoms with Crippen molar-refractivity contribution in [2.24, 2.45) is 0 Å². The average molecular weight is 249 g/mol. The van der Waals surface area contributed by atoms with Gasteiger partial charge in [0.15, 0.2) is 5.78 Å². The molecule has 0 unspecified atom stereocenters. The van der Waals surface area contributed by atoms with Crippen LogP contribution in [0.3, 0.4) is 0 Å². The Hall–Kier alpha value is -1.29. The molecule has 0 saturated heterocycles. The van der Waals surface area contributed by atoms with Crippen molar-refractivity contribution in [2.45, 2.75) is 31.7 Å². The molecule has 0 N–H and O–H groups in total. The molecule has 0 bridgehead atoms. The van der Waals surface area contributed by atoms with Crippen molar-refractivity contribution in [1.82, 2.24) is 0 Å². The van der Waals surface area contributed by atoms with Crippen molar-refractivity contribution in [3.05, 3.63) is 23.8 Å². The van der Waals surface area contributed by atoms with Gasteiger partial charge in [-0.1, -0.05) is 6.07 Å². The molecule has 90 valence electrons. The standard InChI is InChI=1S/C13H15NO2S/c1-8(2)14-11-6-10(9(3)15)4-5-12(11)17-7-13(14)16/h4-6,8H,7H2,1-3H3. The maximum absolute atomic E-state index is 11.9. The van der Waals surface area contributed by atoms with E-state index in [-0.39, 0.29) is 17.7 Å². The first-order chi connectivity index (χ1) is 8.00.